The second-order valence-electron chi connectivity index (χ2n) is 5.01. The molecule has 1 aromatic carbocycles. The Labute approximate surface area is 163 Å². The second-order valence-corrected chi connectivity index (χ2v) is 7.03. The van der Waals surface area contributed by atoms with Gasteiger partial charge in [0, 0.05) is 11.1 Å². The van der Waals surface area contributed by atoms with Crippen LogP contribution in [0.3, 0.4) is 0 Å². The summed E-state index contributed by atoms with van der Waals surface area (Å²) in [4.78, 5) is 51.8. The Morgan fingerprint density at radius 1 is 0.786 bits per heavy atom. The van der Waals surface area contributed by atoms with Crippen LogP contribution in [0.4, 0.5) is 20.3 Å². The molecular formula is C14H8N6O6S2. The van der Waals surface area contributed by atoms with E-state index in [1.807, 2.05) is 0 Å². The molecule has 0 bridgehead atoms. The van der Waals surface area contributed by atoms with Crippen LogP contribution in [0.5, 0.6) is 0 Å². The summed E-state index contributed by atoms with van der Waals surface area (Å²) in [5.41, 5.74) is 0.415. The van der Waals surface area contributed by atoms with Gasteiger partial charge in [0.1, 0.15) is 12.4 Å². The monoisotopic (exact) mass is 420 g/mol. The zero-order valence-electron chi connectivity index (χ0n) is 13.5. The molecule has 12 nitrogen and oxygen atoms in total. The minimum atomic E-state index is -0.613. The van der Waals surface area contributed by atoms with Crippen molar-refractivity contribution >= 4 is 54.8 Å². The first kappa shape index (κ1) is 19.0. The number of anilines is 2. The molecule has 142 valence electrons. The van der Waals surface area contributed by atoms with E-state index in [0.717, 1.165) is 35.1 Å². The first-order valence-electron chi connectivity index (χ1n) is 7.26. The van der Waals surface area contributed by atoms with Crippen molar-refractivity contribution in [1.82, 2.24) is 9.97 Å². The summed E-state index contributed by atoms with van der Waals surface area (Å²) in [7, 11) is 0. The van der Waals surface area contributed by atoms with E-state index in [4.69, 9.17) is 0 Å². The van der Waals surface area contributed by atoms with Crippen molar-refractivity contribution in [2.75, 3.05) is 10.6 Å². The largest absolute Gasteiger partial charge is 0.345 e. The van der Waals surface area contributed by atoms with Crippen LogP contribution < -0.4 is 10.6 Å². The molecule has 0 aliphatic heterocycles. The van der Waals surface area contributed by atoms with Crippen molar-refractivity contribution in [2.45, 2.75) is 0 Å². The molecule has 0 saturated carbocycles. The highest BCUT2D eigenvalue weighted by molar-refractivity contribution is 7.19. The van der Waals surface area contributed by atoms with Gasteiger partial charge >= 0.3 is 10.0 Å². The van der Waals surface area contributed by atoms with Crippen LogP contribution in [-0.2, 0) is 0 Å². The van der Waals surface area contributed by atoms with E-state index in [-0.39, 0.29) is 31.4 Å². The second kappa shape index (κ2) is 7.85. The number of carbonyl (C=O) groups excluding carboxylic acids is 2. The van der Waals surface area contributed by atoms with Crippen molar-refractivity contribution in [3.8, 4) is 0 Å². The standard InChI is InChI=1S/C14H8N6O6S2/c21-11(17-13-15-5-9(27-13)19(23)24)7-1-2-8(4-3-7)12(22)18-14-16-6-10(28-14)20(25)26/h1-6H,(H,15,17,21)(H,16,18,22). The Morgan fingerprint density at radius 2 is 1.14 bits per heavy atom. The van der Waals surface area contributed by atoms with E-state index in [2.05, 4.69) is 20.6 Å². The minimum absolute atomic E-state index is 0.0730. The molecule has 3 aromatic rings. The fraction of sp³-hybridized carbons (Fsp3) is 0. The number of nitro groups is 2. The lowest BCUT2D eigenvalue weighted by Crippen LogP contribution is -2.14. The summed E-state index contributed by atoms with van der Waals surface area (Å²) in [6, 6.07) is 5.54. The molecule has 2 N–H and O–H groups in total. The maximum absolute atomic E-state index is 12.1. The van der Waals surface area contributed by atoms with Crippen LogP contribution in [0.15, 0.2) is 36.7 Å². The molecule has 0 saturated heterocycles. The molecule has 28 heavy (non-hydrogen) atoms. The molecule has 2 amide bonds. The van der Waals surface area contributed by atoms with Gasteiger partial charge in [-0.25, -0.2) is 9.97 Å². The maximum atomic E-state index is 12.1. The first-order chi connectivity index (χ1) is 13.3. The fourth-order valence-electron chi connectivity index (χ4n) is 1.93. The topological polar surface area (TPSA) is 170 Å². The van der Waals surface area contributed by atoms with Crippen molar-refractivity contribution < 1.29 is 19.4 Å². The van der Waals surface area contributed by atoms with Gasteiger partial charge in [0.05, 0.1) is 9.85 Å². The molecule has 0 aliphatic rings. The number of hydrogen-bond acceptors (Lipinski definition) is 10. The summed E-state index contributed by atoms with van der Waals surface area (Å²) in [6.45, 7) is 0. The molecule has 0 unspecified atom stereocenters. The van der Waals surface area contributed by atoms with Crippen molar-refractivity contribution in [3.63, 3.8) is 0 Å². The minimum Gasteiger partial charge on any atom is -0.298 e. The summed E-state index contributed by atoms with van der Waals surface area (Å²) in [5.74, 6) is -1.10. The van der Waals surface area contributed by atoms with E-state index in [0.29, 0.717) is 0 Å². The number of benzene rings is 1. The Morgan fingerprint density at radius 3 is 1.43 bits per heavy atom. The lowest BCUT2D eigenvalue weighted by molar-refractivity contribution is -0.380. The highest BCUT2D eigenvalue weighted by Gasteiger charge is 2.16. The van der Waals surface area contributed by atoms with Crippen molar-refractivity contribution in [1.29, 1.82) is 0 Å². The Balaban J connectivity index is 1.64. The zero-order chi connectivity index (χ0) is 20.3. The Kier molecular flexibility index (Phi) is 5.32. The molecule has 3 rings (SSSR count). The number of nitrogens with one attached hydrogen (secondary N) is 2. The SMILES string of the molecule is O=C(Nc1ncc([N+](=O)[O-])s1)c1ccc(C(=O)Nc2ncc([N+](=O)[O-])s2)cc1. The van der Waals surface area contributed by atoms with Gasteiger partial charge in [-0.1, -0.05) is 0 Å². The highest BCUT2D eigenvalue weighted by atomic mass is 32.1. The number of hydrogen-bond donors (Lipinski definition) is 2. The van der Waals surface area contributed by atoms with E-state index in [9.17, 15) is 29.8 Å². The highest BCUT2D eigenvalue weighted by Crippen LogP contribution is 2.26. The number of rotatable bonds is 6. The van der Waals surface area contributed by atoms with Gasteiger partial charge in [-0.15, -0.1) is 0 Å². The number of carbonyl (C=O) groups is 2. The molecule has 0 spiro atoms. The van der Waals surface area contributed by atoms with Gasteiger partial charge in [0.25, 0.3) is 11.8 Å². The fourth-order valence-corrected chi connectivity index (χ4v) is 3.18. The molecule has 2 heterocycles. The Hall–Kier alpha value is -3.78. The quantitative estimate of drug-likeness (QED) is 0.453. The summed E-state index contributed by atoms with van der Waals surface area (Å²) in [6.07, 6.45) is 2.08. The average Bonchev–Trinajstić information content (AvgIpc) is 3.31. The number of nitrogens with zero attached hydrogens (tertiary/aromatic N) is 4. The number of thiazole rings is 2. The third kappa shape index (κ3) is 4.30. The third-order valence-electron chi connectivity index (χ3n) is 3.20. The van der Waals surface area contributed by atoms with E-state index >= 15 is 0 Å². The summed E-state index contributed by atoms with van der Waals surface area (Å²) >= 11 is 1.43. The van der Waals surface area contributed by atoms with Crippen LogP contribution in [0, 0.1) is 20.2 Å². The van der Waals surface area contributed by atoms with Crippen LogP contribution in [-0.4, -0.2) is 31.6 Å². The van der Waals surface area contributed by atoms with E-state index < -0.39 is 21.7 Å². The molecule has 14 heteroatoms. The molecule has 2 aromatic heterocycles. The van der Waals surface area contributed by atoms with Gasteiger partial charge in [0.2, 0.25) is 0 Å². The van der Waals surface area contributed by atoms with Gasteiger partial charge < -0.3 is 0 Å². The molecule has 0 fully saturated rings. The van der Waals surface area contributed by atoms with Crippen molar-refractivity contribution in [2.24, 2.45) is 0 Å². The predicted octanol–water partition coefficient (Wildman–Crippen LogP) is 2.92. The number of amides is 2. The van der Waals surface area contributed by atoms with Gasteiger partial charge in [-0.05, 0) is 46.9 Å². The average molecular weight is 420 g/mol. The van der Waals surface area contributed by atoms with Crippen LogP contribution in [0.1, 0.15) is 20.7 Å². The Bertz CT molecular complexity index is 991. The number of aromatic nitrogens is 2. The van der Waals surface area contributed by atoms with Crippen LogP contribution >= 0.6 is 22.7 Å². The van der Waals surface area contributed by atoms with Crippen molar-refractivity contribution in [3.05, 3.63) is 68.0 Å². The van der Waals surface area contributed by atoms with Crippen LogP contribution in [0.2, 0.25) is 0 Å². The van der Waals surface area contributed by atoms with Crippen LogP contribution in [0.25, 0.3) is 0 Å². The van der Waals surface area contributed by atoms with E-state index in [1.165, 1.54) is 24.3 Å². The summed E-state index contributed by atoms with van der Waals surface area (Å²) in [5, 5.41) is 25.8. The maximum Gasteiger partial charge on any atom is 0.345 e. The van der Waals surface area contributed by atoms with Gasteiger partial charge in [-0.3, -0.25) is 40.5 Å². The van der Waals surface area contributed by atoms with E-state index in [1.54, 1.807) is 0 Å². The molecular weight excluding hydrogens is 412 g/mol. The smallest absolute Gasteiger partial charge is 0.298 e. The van der Waals surface area contributed by atoms with Gasteiger partial charge in [0.15, 0.2) is 10.3 Å². The summed E-state index contributed by atoms with van der Waals surface area (Å²) < 4.78 is 0. The molecule has 0 atom stereocenters. The third-order valence-corrected chi connectivity index (χ3v) is 4.93. The van der Waals surface area contributed by atoms with Gasteiger partial charge in [-0.2, -0.15) is 0 Å². The predicted molar refractivity (Wildman–Crippen MR) is 99.9 cm³/mol. The first-order valence-corrected chi connectivity index (χ1v) is 8.90. The molecule has 0 radical (unpaired) electrons. The lowest BCUT2D eigenvalue weighted by atomic mass is 10.1. The normalized spacial score (nSPS) is 10.3. The zero-order valence-corrected chi connectivity index (χ0v) is 15.2. The molecule has 0 aliphatic carbocycles. The lowest BCUT2D eigenvalue weighted by Gasteiger charge is -2.04.